The van der Waals surface area contributed by atoms with Crippen molar-refractivity contribution < 1.29 is 9.59 Å². The molecule has 5 nitrogen and oxygen atoms in total. The highest BCUT2D eigenvalue weighted by atomic mass is 16.1. The molecule has 5 heteroatoms. The van der Waals surface area contributed by atoms with Gasteiger partial charge in [-0.3, -0.25) is 9.59 Å². The van der Waals surface area contributed by atoms with Crippen LogP contribution in [0.3, 0.4) is 0 Å². The predicted molar refractivity (Wildman–Crippen MR) is 39.8 cm³/mol. The van der Waals surface area contributed by atoms with Crippen LogP contribution in [0, 0.1) is 0 Å². The molecule has 0 bridgehead atoms. The molecular weight excluding hydrogens is 146 g/mol. The van der Waals surface area contributed by atoms with Crippen molar-refractivity contribution in [3.8, 4) is 0 Å². The van der Waals surface area contributed by atoms with Crippen LogP contribution in [0.2, 0.25) is 0 Å². The van der Waals surface area contributed by atoms with E-state index in [4.69, 9.17) is 11.5 Å². The molecule has 11 heavy (non-hydrogen) atoms. The van der Waals surface area contributed by atoms with Crippen LogP contribution in [-0.2, 0) is 9.59 Å². The molecule has 0 unspecified atom stereocenters. The maximum atomic E-state index is 10.1. The minimum Gasteiger partial charge on any atom is -0.367 e. The number of hydrogen-bond donors (Lipinski definition) is 3. The fourth-order valence-electron chi connectivity index (χ4n) is 0.316. The van der Waals surface area contributed by atoms with Crippen LogP contribution in [0.25, 0.3) is 0 Å². The van der Waals surface area contributed by atoms with Gasteiger partial charge in [0.1, 0.15) is 0 Å². The van der Waals surface area contributed by atoms with Crippen molar-refractivity contribution in [2.75, 3.05) is 0 Å². The first kappa shape index (κ1) is 9.22. The van der Waals surface area contributed by atoms with Crippen LogP contribution >= 0.6 is 0 Å². The van der Waals surface area contributed by atoms with Gasteiger partial charge < -0.3 is 16.8 Å². The Bertz CT molecular complexity index is 186. The average Bonchev–Trinajstić information content (AvgIpc) is 1.85. The Morgan fingerprint density at radius 2 is 1.36 bits per heavy atom. The topological polar surface area (TPSA) is 98.2 Å². The number of carbonyl (C=O) groups is 2. The number of rotatable bonds is 4. The number of nitrogens with one attached hydrogen (secondary N) is 1. The molecule has 0 aromatic heterocycles. The SMILES string of the molecule is NC(=O)C=CNC=CC(N)=O. The standard InChI is InChI=1S/C6H9N3O2/c7-5(10)1-3-9-4-2-6(8)11/h1-4,9H,(H2,7,10)(H2,8,11). The molecule has 5 N–H and O–H groups in total. The van der Waals surface area contributed by atoms with Crippen molar-refractivity contribution >= 4 is 11.8 Å². The van der Waals surface area contributed by atoms with Crippen LogP contribution in [0.1, 0.15) is 0 Å². The summed E-state index contributed by atoms with van der Waals surface area (Å²) in [6.45, 7) is 0. The number of amides is 2. The molecule has 0 heterocycles. The summed E-state index contributed by atoms with van der Waals surface area (Å²) in [4.78, 5) is 20.2. The van der Waals surface area contributed by atoms with E-state index in [2.05, 4.69) is 5.32 Å². The van der Waals surface area contributed by atoms with E-state index in [9.17, 15) is 9.59 Å². The van der Waals surface area contributed by atoms with Crippen LogP contribution in [-0.4, -0.2) is 11.8 Å². The van der Waals surface area contributed by atoms with Crippen LogP contribution < -0.4 is 16.8 Å². The van der Waals surface area contributed by atoms with Crippen molar-refractivity contribution in [2.24, 2.45) is 11.5 Å². The van der Waals surface area contributed by atoms with Crippen molar-refractivity contribution in [3.05, 3.63) is 24.6 Å². The maximum absolute atomic E-state index is 10.1. The Balaban J connectivity index is 3.57. The normalized spacial score (nSPS) is 10.5. The van der Waals surface area contributed by atoms with Crippen molar-refractivity contribution in [3.63, 3.8) is 0 Å². The Labute approximate surface area is 63.7 Å². The Kier molecular flexibility index (Phi) is 4.22. The fourth-order valence-corrected chi connectivity index (χ4v) is 0.316. The summed E-state index contributed by atoms with van der Waals surface area (Å²) < 4.78 is 0. The van der Waals surface area contributed by atoms with E-state index in [1.54, 1.807) is 0 Å². The average molecular weight is 155 g/mol. The lowest BCUT2D eigenvalue weighted by Gasteiger charge is -1.85. The number of hydrogen-bond acceptors (Lipinski definition) is 3. The van der Waals surface area contributed by atoms with E-state index in [-0.39, 0.29) is 0 Å². The minimum atomic E-state index is -0.565. The number of primary amides is 2. The third-order valence-corrected chi connectivity index (χ3v) is 0.688. The second-order valence-electron chi connectivity index (χ2n) is 1.64. The Morgan fingerprint density at radius 1 is 1.00 bits per heavy atom. The molecule has 0 saturated heterocycles. The molecule has 0 aliphatic heterocycles. The summed E-state index contributed by atoms with van der Waals surface area (Å²) in [5, 5.41) is 2.49. The molecule has 0 fully saturated rings. The van der Waals surface area contributed by atoms with Crippen molar-refractivity contribution in [1.82, 2.24) is 5.32 Å². The van der Waals surface area contributed by atoms with Crippen molar-refractivity contribution in [2.45, 2.75) is 0 Å². The second-order valence-corrected chi connectivity index (χ2v) is 1.64. The van der Waals surface area contributed by atoms with Gasteiger partial charge in [-0.15, -0.1) is 0 Å². The highest BCUT2D eigenvalue weighted by molar-refractivity contribution is 5.86. The molecular formula is C6H9N3O2. The fraction of sp³-hybridized carbons (Fsp3) is 0. The van der Waals surface area contributed by atoms with Gasteiger partial charge >= 0.3 is 0 Å². The zero-order valence-corrected chi connectivity index (χ0v) is 5.78. The molecule has 60 valence electrons. The molecule has 0 saturated carbocycles. The van der Waals surface area contributed by atoms with Gasteiger partial charge in [-0.2, -0.15) is 0 Å². The van der Waals surface area contributed by atoms with E-state index in [0.29, 0.717) is 0 Å². The highest BCUT2D eigenvalue weighted by Gasteiger charge is 1.80. The van der Waals surface area contributed by atoms with E-state index in [1.165, 1.54) is 12.4 Å². The monoisotopic (exact) mass is 155 g/mol. The lowest BCUT2D eigenvalue weighted by Crippen LogP contribution is -2.09. The molecule has 0 atom stereocenters. The number of nitrogens with two attached hydrogens (primary N) is 2. The summed E-state index contributed by atoms with van der Waals surface area (Å²) in [7, 11) is 0. The van der Waals surface area contributed by atoms with Crippen LogP contribution in [0.5, 0.6) is 0 Å². The van der Waals surface area contributed by atoms with E-state index in [0.717, 1.165) is 12.2 Å². The molecule has 0 aliphatic carbocycles. The summed E-state index contributed by atoms with van der Waals surface area (Å²) in [5.41, 5.74) is 9.51. The van der Waals surface area contributed by atoms with Gasteiger partial charge in [0, 0.05) is 24.6 Å². The Morgan fingerprint density at radius 3 is 1.64 bits per heavy atom. The summed E-state index contributed by atoms with van der Waals surface area (Å²) in [6, 6.07) is 0. The highest BCUT2D eigenvalue weighted by Crippen LogP contribution is 1.67. The predicted octanol–water partition coefficient (Wildman–Crippen LogP) is -1.43. The van der Waals surface area contributed by atoms with E-state index < -0.39 is 11.8 Å². The molecule has 2 amide bonds. The largest absolute Gasteiger partial charge is 0.367 e. The third kappa shape index (κ3) is 8.22. The van der Waals surface area contributed by atoms with Crippen molar-refractivity contribution in [1.29, 1.82) is 0 Å². The van der Waals surface area contributed by atoms with Gasteiger partial charge in [-0.1, -0.05) is 0 Å². The molecule has 0 spiro atoms. The van der Waals surface area contributed by atoms with Gasteiger partial charge in [0.15, 0.2) is 0 Å². The van der Waals surface area contributed by atoms with Gasteiger partial charge in [-0.05, 0) is 0 Å². The molecule has 0 radical (unpaired) electrons. The van der Waals surface area contributed by atoms with E-state index >= 15 is 0 Å². The zero-order valence-electron chi connectivity index (χ0n) is 5.78. The first-order valence-corrected chi connectivity index (χ1v) is 2.81. The van der Waals surface area contributed by atoms with Gasteiger partial charge in [0.05, 0.1) is 0 Å². The molecule has 0 rings (SSSR count). The molecule has 0 aromatic carbocycles. The first-order chi connectivity index (χ1) is 5.13. The third-order valence-electron chi connectivity index (χ3n) is 0.688. The lowest BCUT2D eigenvalue weighted by molar-refractivity contribution is -0.114. The minimum absolute atomic E-state index is 0.565. The van der Waals surface area contributed by atoms with E-state index in [1.807, 2.05) is 0 Å². The van der Waals surface area contributed by atoms with Gasteiger partial charge in [0.25, 0.3) is 0 Å². The number of carbonyl (C=O) groups excluding carboxylic acids is 2. The van der Waals surface area contributed by atoms with Crippen LogP contribution in [0.15, 0.2) is 24.6 Å². The quantitative estimate of drug-likeness (QED) is 0.434. The molecule has 0 aliphatic rings. The van der Waals surface area contributed by atoms with Gasteiger partial charge in [0.2, 0.25) is 11.8 Å². The summed E-state index contributed by atoms with van der Waals surface area (Å²) in [6.07, 6.45) is 4.82. The maximum Gasteiger partial charge on any atom is 0.242 e. The van der Waals surface area contributed by atoms with Gasteiger partial charge in [-0.25, -0.2) is 0 Å². The second kappa shape index (κ2) is 5.04. The van der Waals surface area contributed by atoms with Crippen LogP contribution in [0.4, 0.5) is 0 Å². The Hall–Kier alpha value is -1.78. The zero-order chi connectivity index (χ0) is 8.69. The first-order valence-electron chi connectivity index (χ1n) is 2.81. The molecule has 0 aromatic rings. The summed E-state index contributed by atoms with van der Waals surface area (Å²) >= 11 is 0. The smallest absolute Gasteiger partial charge is 0.242 e. The summed E-state index contributed by atoms with van der Waals surface area (Å²) in [5.74, 6) is -1.13. The lowest BCUT2D eigenvalue weighted by atomic mass is 10.5.